The van der Waals surface area contributed by atoms with Crippen molar-refractivity contribution in [1.82, 2.24) is 19.9 Å². The molecular weight excluding hydrogens is 240 g/mol. The zero-order valence-electron chi connectivity index (χ0n) is 9.86. The number of nitrogens with one attached hydrogen (secondary N) is 1. The number of nitrogen functional groups attached to an aromatic ring is 1. The van der Waals surface area contributed by atoms with Gasteiger partial charge in [0.25, 0.3) is 0 Å². The lowest BCUT2D eigenvalue weighted by Gasteiger charge is -2.22. The minimum Gasteiger partial charge on any atom is -0.368 e. The van der Waals surface area contributed by atoms with Gasteiger partial charge < -0.3 is 11.1 Å². The number of anilines is 2. The molecule has 1 aliphatic heterocycles. The lowest BCUT2D eigenvalue weighted by atomic mass is 10.2. The number of hydrogen-bond acceptors (Lipinski definition) is 6. The Morgan fingerprint density at radius 2 is 2.29 bits per heavy atom. The fourth-order valence-corrected chi connectivity index (χ4v) is 2.36. The van der Waals surface area contributed by atoms with Crippen molar-refractivity contribution < 1.29 is 0 Å². The molecule has 0 saturated carbocycles. The van der Waals surface area contributed by atoms with E-state index in [2.05, 4.69) is 32.1 Å². The van der Waals surface area contributed by atoms with Crippen LogP contribution < -0.4 is 11.1 Å². The Hall–Kier alpha value is -1.14. The van der Waals surface area contributed by atoms with Gasteiger partial charge in [0, 0.05) is 12.6 Å². The number of nitrogens with two attached hydrogens (primary N) is 1. The molecule has 2 rings (SSSR count). The summed E-state index contributed by atoms with van der Waals surface area (Å²) in [5.74, 6) is 0.594. The predicted molar refractivity (Wildman–Crippen MR) is 68.0 cm³/mol. The molecule has 3 N–H and O–H groups in total. The number of likely N-dealkylation sites (tertiary alicyclic amines) is 1. The molecule has 0 aliphatic carbocycles. The van der Waals surface area contributed by atoms with Crippen LogP contribution in [0.1, 0.15) is 19.8 Å². The summed E-state index contributed by atoms with van der Waals surface area (Å²) >= 11 is 5.71. The first-order chi connectivity index (χ1) is 8.19. The highest BCUT2D eigenvalue weighted by atomic mass is 35.5. The van der Waals surface area contributed by atoms with Crippen LogP contribution in [-0.4, -0.2) is 45.5 Å². The minimum absolute atomic E-state index is 0.124. The van der Waals surface area contributed by atoms with Gasteiger partial charge >= 0.3 is 0 Å². The van der Waals surface area contributed by atoms with Crippen molar-refractivity contribution in [2.75, 3.05) is 30.7 Å². The van der Waals surface area contributed by atoms with Gasteiger partial charge in [-0.3, -0.25) is 4.90 Å². The fourth-order valence-electron chi connectivity index (χ4n) is 2.20. The summed E-state index contributed by atoms with van der Waals surface area (Å²) in [4.78, 5) is 14.1. The predicted octanol–water partition coefficient (Wildman–Crippen LogP) is 1.00. The van der Waals surface area contributed by atoms with Crippen molar-refractivity contribution in [3.63, 3.8) is 0 Å². The number of aromatic nitrogens is 3. The first-order valence-electron chi connectivity index (χ1n) is 5.84. The second kappa shape index (κ2) is 5.46. The molecule has 1 aromatic rings. The molecule has 1 atom stereocenters. The average Bonchev–Trinajstić information content (AvgIpc) is 2.72. The molecule has 6 nitrogen and oxygen atoms in total. The van der Waals surface area contributed by atoms with E-state index in [-0.39, 0.29) is 11.2 Å². The van der Waals surface area contributed by atoms with Gasteiger partial charge in [0.15, 0.2) is 0 Å². The third-order valence-corrected chi connectivity index (χ3v) is 3.20. The SMILES string of the molecule is CCN1CCCC1CNc1nc(N)nc(Cl)n1. The van der Waals surface area contributed by atoms with Crippen LogP contribution in [0.2, 0.25) is 5.28 Å². The standard InChI is InChI=1S/C10H17ClN6/c1-2-17-5-3-4-7(17)6-13-10-15-8(11)14-9(12)16-10/h7H,2-6H2,1H3,(H3,12,13,14,15,16). The summed E-state index contributed by atoms with van der Waals surface area (Å²) in [6, 6.07) is 0.539. The van der Waals surface area contributed by atoms with Crippen molar-refractivity contribution in [2.24, 2.45) is 0 Å². The first-order valence-corrected chi connectivity index (χ1v) is 6.22. The third kappa shape index (κ3) is 3.17. The molecule has 1 aromatic heterocycles. The van der Waals surface area contributed by atoms with Gasteiger partial charge in [-0.1, -0.05) is 6.92 Å². The Bertz CT molecular complexity index is 365. The van der Waals surface area contributed by atoms with Crippen LogP contribution in [0.4, 0.5) is 11.9 Å². The van der Waals surface area contributed by atoms with Crippen LogP contribution in [0.15, 0.2) is 0 Å². The van der Waals surface area contributed by atoms with Gasteiger partial charge in [-0.2, -0.15) is 15.0 Å². The summed E-state index contributed by atoms with van der Waals surface area (Å²) < 4.78 is 0. The quantitative estimate of drug-likeness (QED) is 0.837. The van der Waals surface area contributed by atoms with E-state index >= 15 is 0 Å². The second-order valence-electron chi connectivity index (χ2n) is 4.09. The molecule has 0 amide bonds. The molecular formula is C10H17ClN6. The van der Waals surface area contributed by atoms with Crippen molar-refractivity contribution in [1.29, 1.82) is 0 Å². The summed E-state index contributed by atoms with van der Waals surface area (Å²) in [7, 11) is 0. The third-order valence-electron chi connectivity index (χ3n) is 3.03. The van der Waals surface area contributed by atoms with Crippen molar-refractivity contribution in [2.45, 2.75) is 25.8 Å². The number of nitrogens with zero attached hydrogens (tertiary/aromatic N) is 4. The van der Waals surface area contributed by atoms with Gasteiger partial charge in [0.2, 0.25) is 17.2 Å². The van der Waals surface area contributed by atoms with Crippen molar-refractivity contribution >= 4 is 23.5 Å². The largest absolute Gasteiger partial charge is 0.368 e. The monoisotopic (exact) mass is 256 g/mol. The number of rotatable bonds is 4. The number of halogens is 1. The van der Waals surface area contributed by atoms with Gasteiger partial charge in [0.05, 0.1) is 0 Å². The Balaban J connectivity index is 1.93. The zero-order valence-corrected chi connectivity index (χ0v) is 10.6. The molecule has 2 heterocycles. The lowest BCUT2D eigenvalue weighted by Crippen LogP contribution is -2.35. The van der Waals surface area contributed by atoms with E-state index in [1.54, 1.807) is 0 Å². The molecule has 0 radical (unpaired) electrons. The molecule has 0 aromatic carbocycles. The van der Waals surface area contributed by atoms with Crippen molar-refractivity contribution in [3.05, 3.63) is 5.28 Å². The average molecular weight is 257 g/mol. The van der Waals surface area contributed by atoms with Gasteiger partial charge in [-0.25, -0.2) is 0 Å². The van der Waals surface area contributed by atoms with Crippen LogP contribution >= 0.6 is 11.6 Å². The normalized spacial score (nSPS) is 20.7. The summed E-state index contributed by atoms with van der Waals surface area (Å²) in [6.07, 6.45) is 2.45. The summed E-state index contributed by atoms with van der Waals surface area (Å²) in [5, 5.41) is 3.29. The molecule has 1 fully saturated rings. The molecule has 94 valence electrons. The molecule has 7 heteroatoms. The zero-order chi connectivity index (χ0) is 12.3. The van der Waals surface area contributed by atoms with E-state index in [0.717, 1.165) is 13.1 Å². The smallest absolute Gasteiger partial charge is 0.228 e. The van der Waals surface area contributed by atoms with Crippen LogP contribution in [0.5, 0.6) is 0 Å². The molecule has 0 spiro atoms. The van der Waals surface area contributed by atoms with E-state index < -0.39 is 0 Å². The van der Waals surface area contributed by atoms with E-state index in [0.29, 0.717) is 12.0 Å². The Kier molecular flexibility index (Phi) is 3.96. The maximum Gasteiger partial charge on any atom is 0.228 e. The summed E-state index contributed by atoms with van der Waals surface area (Å²) in [5.41, 5.74) is 5.50. The Morgan fingerprint density at radius 3 is 3.00 bits per heavy atom. The highest BCUT2D eigenvalue weighted by Crippen LogP contribution is 2.17. The first kappa shape index (κ1) is 12.3. The molecule has 1 saturated heterocycles. The van der Waals surface area contributed by atoms with E-state index in [4.69, 9.17) is 17.3 Å². The molecule has 0 bridgehead atoms. The van der Waals surface area contributed by atoms with E-state index in [1.807, 2.05) is 0 Å². The Morgan fingerprint density at radius 1 is 1.47 bits per heavy atom. The maximum absolute atomic E-state index is 5.71. The number of hydrogen-bond donors (Lipinski definition) is 2. The molecule has 17 heavy (non-hydrogen) atoms. The van der Waals surface area contributed by atoms with Gasteiger partial charge in [-0.05, 0) is 37.5 Å². The topological polar surface area (TPSA) is 80.0 Å². The van der Waals surface area contributed by atoms with Crippen molar-refractivity contribution in [3.8, 4) is 0 Å². The van der Waals surface area contributed by atoms with Gasteiger partial charge in [0.1, 0.15) is 0 Å². The Labute approximate surface area is 106 Å². The highest BCUT2D eigenvalue weighted by Gasteiger charge is 2.22. The van der Waals surface area contributed by atoms with Crippen LogP contribution in [-0.2, 0) is 0 Å². The lowest BCUT2D eigenvalue weighted by molar-refractivity contribution is 0.277. The molecule has 1 aliphatic rings. The summed E-state index contributed by atoms with van der Waals surface area (Å²) in [6.45, 7) is 5.24. The fraction of sp³-hybridized carbons (Fsp3) is 0.700. The maximum atomic E-state index is 5.71. The minimum atomic E-state index is 0.124. The van der Waals surface area contributed by atoms with Crippen LogP contribution in [0.3, 0.4) is 0 Å². The molecule has 1 unspecified atom stereocenters. The van der Waals surface area contributed by atoms with Crippen LogP contribution in [0, 0.1) is 0 Å². The second-order valence-corrected chi connectivity index (χ2v) is 4.43. The van der Waals surface area contributed by atoms with Crippen LogP contribution in [0.25, 0.3) is 0 Å². The van der Waals surface area contributed by atoms with Gasteiger partial charge in [-0.15, -0.1) is 0 Å². The highest BCUT2D eigenvalue weighted by molar-refractivity contribution is 6.28. The van der Waals surface area contributed by atoms with E-state index in [1.165, 1.54) is 19.4 Å². The number of likely N-dealkylation sites (N-methyl/N-ethyl adjacent to an activating group) is 1. The van der Waals surface area contributed by atoms with E-state index in [9.17, 15) is 0 Å².